The molecule has 1 aromatic rings. The number of halogens is 1. The van der Waals surface area contributed by atoms with Gasteiger partial charge in [-0.15, -0.1) is 0 Å². The second-order valence-electron chi connectivity index (χ2n) is 5.93. The van der Waals surface area contributed by atoms with Crippen molar-refractivity contribution in [3.05, 3.63) is 22.7 Å². The van der Waals surface area contributed by atoms with Crippen LogP contribution in [-0.4, -0.2) is 38.2 Å². The zero-order valence-corrected chi connectivity index (χ0v) is 16.8. The molecule has 2 atom stereocenters. The normalized spacial score (nSPS) is 12.8. The summed E-state index contributed by atoms with van der Waals surface area (Å²) in [6.07, 6.45) is 1.54. The number of nitrogens with one attached hydrogen (secondary N) is 1. The van der Waals surface area contributed by atoms with Gasteiger partial charge in [-0.25, -0.2) is 4.79 Å². The summed E-state index contributed by atoms with van der Waals surface area (Å²) >= 11 is 6.26. The van der Waals surface area contributed by atoms with Crippen molar-refractivity contribution in [2.45, 2.75) is 46.6 Å². The smallest absolute Gasteiger partial charge is 0.328 e. The van der Waals surface area contributed by atoms with E-state index in [4.69, 9.17) is 25.8 Å². The van der Waals surface area contributed by atoms with Gasteiger partial charge in [-0.3, -0.25) is 4.79 Å². The summed E-state index contributed by atoms with van der Waals surface area (Å²) in [5, 5.41) is 3.02. The Labute approximate surface area is 160 Å². The van der Waals surface area contributed by atoms with Gasteiger partial charge in [0.05, 0.1) is 25.3 Å². The quantitative estimate of drug-likeness (QED) is 0.619. The third kappa shape index (κ3) is 5.80. The van der Waals surface area contributed by atoms with Crippen LogP contribution in [-0.2, 0) is 9.53 Å². The van der Waals surface area contributed by atoms with E-state index in [1.807, 2.05) is 20.8 Å². The fraction of sp³-hybridized carbons (Fsp3) is 0.579. The lowest BCUT2D eigenvalue weighted by Gasteiger charge is -2.22. The van der Waals surface area contributed by atoms with Crippen LogP contribution in [0.3, 0.4) is 0 Å². The van der Waals surface area contributed by atoms with Gasteiger partial charge in [0.2, 0.25) is 0 Å². The molecule has 0 unspecified atom stereocenters. The molecule has 0 aliphatic heterocycles. The third-order valence-electron chi connectivity index (χ3n) is 3.98. The molecule has 0 aliphatic carbocycles. The average molecular weight is 386 g/mol. The Morgan fingerprint density at radius 1 is 1.23 bits per heavy atom. The minimum atomic E-state index is -0.728. The maximum atomic E-state index is 12.7. The first kappa shape index (κ1) is 22.1. The van der Waals surface area contributed by atoms with Crippen molar-refractivity contribution in [2.75, 3.05) is 20.3 Å². The van der Waals surface area contributed by atoms with Crippen molar-refractivity contribution in [3.63, 3.8) is 0 Å². The molecule has 0 saturated carbocycles. The van der Waals surface area contributed by atoms with Gasteiger partial charge in [-0.05, 0) is 31.4 Å². The number of esters is 1. The van der Waals surface area contributed by atoms with E-state index in [1.165, 1.54) is 13.2 Å². The van der Waals surface area contributed by atoms with Gasteiger partial charge in [-0.1, -0.05) is 38.8 Å². The molecule has 26 heavy (non-hydrogen) atoms. The van der Waals surface area contributed by atoms with E-state index >= 15 is 0 Å². The van der Waals surface area contributed by atoms with Crippen LogP contribution < -0.4 is 14.8 Å². The molecule has 0 aromatic heterocycles. The number of carbonyl (C=O) groups excluding carboxylic acids is 2. The second kappa shape index (κ2) is 10.9. The SMILES string of the molecule is CCCOc1c(Cl)cc(C(=O)N[C@H](C(=O)OCC)[C@@H](C)CC)cc1OC. The van der Waals surface area contributed by atoms with Crippen LogP contribution >= 0.6 is 11.6 Å². The van der Waals surface area contributed by atoms with Crippen LogP contribution in [0.15, 0.2) is 12.1 Å². The molecule has 0 aliphatic rings. The average Bonchev–Trinajstić information content (AvgIpc) is 2.63. The number of amides is 1. The summed E-state index contributed by atoms with van der Waals surface area (Å²) in [5.74, 6) is -0.173. The van der Waals surface area contributed by atoms with Gasteiger partial charge in [0.25, 0.3) is 5.91 Å². The fourth-order valence-electron chi connectivity index (χ4n) is 2.32. The lowest BCUT2D eigenvalue weighted by molar-refractivity contribution is -0.146. The highest BCUT2D eigenvalue weighted by Crippen LogP contribution is 2.36. The molecule has 1 rings (SSSR count). The predicted molar refractivity (Wildman–Crippen MR) is 101 cm³/mol. The van der Waals surface area contributed by atoms with E-state index in [-0.39, 0.29) is 23.1 Å². The third-order valence-corrected chi connectivity index (χ3v) is 4.26. The summed E-state index contributed by atoms with van der Waals surface area (Å²) in [6, 6.07) is 2.32. The number of rotatable bonds is 10. The van der Waals surface area contributed by atoms with E-state index in [0.717, 1.165) is 12.8 Å². The molecule has 0 spiro atoms. The van der Waals surface area contributed by atoms with Gasteiger partial charge >= 0.3 is 5.97 Å². The Morgan fingerprint density at radius 2 is 1.92 bits per heavy atom. The Balaban J connectivity index is 3.07. The zero-order chi connectivity index (χ0) is 19.7. The summed E-state index contributed by atoms with van der Waals surface area (Å²) < 4.78 is 16.0. The molecule has 6 nitrogen and oxygen atoms in total. The minimum absolute atomic E-state index is 0.0671. The molecular weight excluding hydrogens is 358 g/mol. The number of carbonyl (C=O) groups is 2. The van der Waals surface area contributed by atoms with E-state index in [0.29, 0.717) is 18.1 Å². The first-order valence-electron chi connectivity index (χ1n) is 8.87. The van der Waals surface area contributed by atoms with Gasteiger partial charge in [0, 0.05) is 5.56 Å². The summed E-state index contributed by atoms with van der Waals surface area (Å²) in [4.78, 5) is 24.8. The maximum Gasteiger partial charge on any atom is 0.328 e. The Bertz CT molecular complexity index is 620. The molecular formula is C19H28ClNO5. The highest BCUT2D eigenvalue weighted by Gasteiger charge is 2.28. The zero-order valence-electron chi connectivity index (χ0n) is 16.1. The molecule has 146 valence electrons. The molecule has 0 saturated heterocycles. The fourth-order valence-corrected chi connectivity index (χ4v) is 2.59. The van der Waals surface area contributed by atoms with Crippen LogP contribution in [0.5, 0.6) is 11.5 Å². The maximum absolute atomic E-state index is 12.7. The van der Waals surface area contributed by atoms with Gasteiger partial charge in [-0.2, -0.15) is 0 Å². The van der Waals surface area contributed by atoms with Crippen molar-refractivity contribution >= 4 is 23.5 Å². The van der Waals surface area contributed by atoms with Crippen LogP contribution in [0, 0.1) is 5.92 Å². The topological polar surface area (TPSA) is 73.9 Å². The largest absolute Gasteiger partial charge is 0.493 e. The second-order valence-corrected chi connectivity index (χ2v) is 6.33. The number of methoxy groups -OCH3 is 1. The van der Waals surface area contributed by atoms with E-state index in [1.54, 1.807) is 13.0 Å². The van der Waals surface area contributed by atoms with Crippen LogP contribution in [0.25, 0.3) is 0 Å². The van der Waals surface area contributed by atoms with E-state index in [9.17, 15) is 9.59 Å². The van der Waals surface area contributed by atoms with Crippen LogP contribution in [0.1, 0.15) is 50.9 Å². The molecule has 0 bridgehead atoms. The summed E-state index contributed by atoms with van der Waals surface area (Å²) in [6.45, 7) is 8.28. The van der Waals surface area contributed by atoms with Gasteiger partial charge in [0.1, 0.15) is 6.04 Å². The van der Waals surface area contributed by atoms with Crippen molar-refractivity contribution in [1.29, 1.82) is 0 Å². The molecule has 0 radical (unpaired) electrons. The minimum Gasteiger partial charge on any atom is -0.493 e. The molecule has 1 N–H and O–H groups in total. The number of hydrogen-bond acceptors (Lipinski definition) is 5. The first-order chi connectivity index (χ1) is 12.4. The Kier molecular flexibility index (Phi) is 9.27. The molecule has 1 aromatic carbocycles. The Morgan fingerprint density at radius 3 is 2.46 bits per heavy atom. The molecule has 1 amide bonds. The Hall–Kier alpha value is -1.95. The summed E-state index contributed by atoms with van der Waals surface area (Å²) in [5.41, 5.74) is 0.285. The van der Waals surface area contributed by atoms with Gasteiger partial charge < -0.3 is 19.5 Å². The lowest BCUT2D eigenvalue weighted by Crippen LogP contribution is -2.46. The monoisotopic (exact) mass is 385 g/mol. The van der Waals surface area contributed by atoms with Crippen molar-refractivity contribution in [3.8, 4) is 11.5 Å². The van der Waals surface area contributed by atoms with E-state index < -0.39 is 17.9 Å². The molecule has 7 heteroatoms. The standard InChI is InChI=1S/C19H28ClNO5/c1-6-9-26-17-14(20)10-13(11-15(17)24-5)18(22)21-16(12(4)7-2)19(23)25-8-3/h10-12,16H,6-9H2,1-5H3,(H,21,22)/t12-,16-/m0/s1. The highest BCUT2D eigenvalue weighted by molar-refractivity contribution is 6.32. The predicted octanol–water partition coefficient (Wildman–Crippen LogP) is 3.85. The van der Waals surface area contributed by atoms with Crippen molar-refractivity contribution in [1.82, 2.24) is 5.32 Å². The van der Waals surface area contributed by atoms with E-state index in [2.05, 4.69) is 5.32 Å². The van der Waals surface area contributed by atoms with Crippen LogP contribution in [0.4, 0.5) is 0 Å². The first-order valence-corrected chi connectivity index (χ1v) is 9.25. The lowest BCUT2D eigenvalue weighted by atomic mass is 9.98. The number of hydrogen-bond donors (Lipinski definition) is 1. The highest BCUT2D eigenvalue weighted by atomic mass is 35.5. The number of ether oxygens (including phenoxy) is 3. The molecule has 0 fully saturated rings. The van der Waals surface area contributed by atoms with Gasteiger partial charge in [0.15, 0.2) is 11.5 Å². The van der Waals surface area contributed by atoms with Crippen LogP contribution in [0.2, 0.25) is 5.02 Å². The summed E-state index contributed by atoms with van der Waals surface area (Å²) in [7, 11) is 1.48. The molecule has 0 heterocycles. The van der Waals surface area contributed by atoms with Crippen molar-refractivity contribution in [2.24, 2.45) is 5.92 Å². The van der Waals surface area contributed by atoms with Crippen molar-refractivity contribution < 1.29 is 23.8 Å². The number of benzene rings is 1.